The number of nitrogens with zero attached hydrogens (tertiary/aromatic N) is 3. The molecule has 0 aromatic heterocycles. The van der Waals surface area contributed by atoms with Crippen LogP contribution in [-0.2, 0) is 25.6 Å². The van der Waals surface area contributed by atoms with Crippen molar-refractivity contribution in [2.75, 3.05) is 38.8 Å². The van der Waals surface area contributed by atoms with Crippen LogP contribution in [0.3, 0.4) is 0 Å². The number of nitrogens with two attached hydrogens (primary N) is 4. The third kappa shape index (κ3) is 4.16. The standard InChI is InChI=1S/C32H33N7O6/c1-38(2)19-11-16(8-5-15-6-9-17(34)10-7-15)23(40)20-18(19)12-30(36)13-32(37)26(39(3)4)25(42)21(29(35)45)27(43)31(32,14-33)28(44)22(30)24(20)41/h6-7,9-11,21-22,26,40H,12-13,34,36-37H2,1-4H3,(H2,35,45)/t21?,22?,26-,30-,31+,32-/m1/s1. The van der Waals surface area contributed by atoms with E-state index in [4.69, 9.17) is 22.9 Å². The highest BCUT2D eigenvalue weighted by molar-refractivity contribution is 6.33. The molecular formula is C32H33N7O6. The average molecular weight is 612 g/mol. The lowest BCUT2D eigenvalue weighted by Crippen LogP contribution is -2.85. The summed E-state index contributed by atoms with van der Waals surface area (Å²) in [5, 5.41) is 22.0. The van der Waals surface area contributed by atoms with Gasteiger partial charge in [0.25, 0.3) is 0 Å². The Balaban J connectivity index is 1.75. The number of anilines is 2. The van der Waals surface area contributed by atoms with Gasteiger partial charge in [0.05, 0.1) is 28.8 Å². The van der Waals surface area contributed by atoms with Gasteiger partial charge >= 0.3 is 0 Å². The van der Waals surface area contributed by atoms with Crippen molar-refractivity contribution in [3.8, 4) is 23.7 Å². The van der Waals surface area contributed by atoms with E-state index in [1.807, 2.05) is 0 Å². The highest BCUT2D eigenvalue weighted by Gasteiger charge is 2.78. The Bertz CT molecular complexity index is 1820. The number of ketones is 4. The van der Waals surface area contributed by atoms with E-state index in [9.17, 15) is 34.3 Å². The third-order valence-corrected chi connectivity index (χ3v) is 9.30. The molecule has 6 atom stereocenters. The molecule has 0 spiro atoms. The van der Waals surface area contributed by atoms with E-state index in [1.165, 1.54) is 19.0 Å². The van der Waals surface area contributed by atoms with Crippen LogP contribution in [0.15, 0.2) is 30.3 Å². The molecule has 3 aliphatic carbocycles. The number of rotatable bonds is 3. The zero-order valence-corrected chi connectivity index (χ0v) is 25.2. The van der Waals surface area contributed by atoms with Crippen LogP contribution >= 0.6 is 0 Å². The van der Waals surface area contributed by atoms with E-state index < -0.39 is 75.6 Å². The Kier molecular flexibility index (Phi) is 7.13. The maximum absolute atomic E-state index is 14.5. The number of amides is 1. The number of carbonyl (C=O) groups is 5. The van der Waals surface area contributed by atoms with Crippen LogP contribution in [0.5, 0.6) is 5.75 Å². The van der Waals surface area contributed by atoms with Crippen LogP contribution < -0.4 is 27.8 Å². The zero-order valence-electron chi connectivity index (χ0n) is 25.2. The minimum Gasteiger partial charge on any atom is -0.506 e. The predicted molar refractivity (Wildman–Crippen MR) is 162 cm³/mol. The number of hydrogen-bond acceptors (Lipinski definition) is 12. The van der Waals surface area contributed by atoms with Crippen LogP contribution in [-0.4, -0.2) is 84.4 Å². The molecule has 13 nitrogen and oxygen atoms in total. The first-order valence-corrected chi connectivity index (χ1v) is 14.0. The number of nitriles is 1. The molecule has 2 aromatic rings. The highest BCUT2D eigenvalue weighted by Crippen LogP contribution is 2.57. The smallest absolute Gasteiger partial charge is 0.235 e. The first kappa shape index (κ1) is 31.3. The van der Waals surface area contributed by atoms with Gasteiger partial charge in [-0.2, -0.15) is 5.26 Å². The number of Topliss-reactive ketones (excluding diaryl/α,β-unsaturated/α-hetero) is 4. The Morgan fingerprint density at radius 3 is 2.18 bits per heavy atom. The molecule has 9 N–H and O–H groups in total. The number of fused-ring (bicyclic) bond motifs is 3. The van der Waals surface area contributed by atoms with E-state index in [0.717, 1.165) is 0 Å². The number of benzene rings is 2. The molecule has 2 fully saturated rings. The number of likely N-dealkylation sites (N-methyl/N-ethyl adjacent to an activating group) is 1. The Morgan fingerprint density at radius 1 is 1.02 bits per heavy atom. The molecule has 2 aromatic carbocycles. The number of carbonyl (C=O) groups excluding carboxylic acids is 5. The molecule has 2 unspecified atom stereocenters. The summed E-state index contributed by atoms with van der Waals surface area (Å²) in [4.78, 5) is 71.8. The van der Waals surface area contributed by atoms with E-state index in [1.54, 1.807) is 55.4 Å². The summed E-state index contributed by atoms with van der Waals surface area (Å²) < 4.78 is 0. The van der Waals surface area contributed by atoms with Gasteiger partial charge in [0, 0.05) is 36.6 Å². The fourth-order valence-electron chi connectivity index (χ4n) is 7.46. The summed E-state index contributed by atoms with van der Waals surface area (Å²) in [6, 6.07) is 8.51. The topological polar surface area (TPSA) is 240 Å². The molecule has 0 saturated heterocycles. The zero-order chi connectivity index (χ0) is 33.4. The first-order valence-electron chi connectivity index (χ1n) is 14.0. The number of primary amides is 1. The van der Waals surface area contributed by atoms with Crippen molar-refractivity contribution >= 4 is 40.4 Å². The van der Waals surface area contributed by atoms with Crippen LogP contribution in [0, 0.1) is 40.4 Å². The molecule has 232 valence electrons. The monoisotopic (exact) mass is 611 g/mol. The Hall–Kier alpha value is -5.08. The minimum atomic E-state index is -2.82. The second-order valence-electron chi connectivity index (χ2n) is 12.5. The maximum Gasteiger partial charge on any atom is 0.235 e. The Labute approximate surface area is 259 Å². The molecule has 2 saturated carbocycles. The van der Waals surface area contributed by atoms with Crippen molar-refractivity contribution in [2.24, 2.45) is 34.5 Å². The maximum atomic E-state index is 14.5. The molecule has 5 rings (SSSR count). The van der Waals surface area contributed by atoms with Gasteiger partial charge in [-0.15, -0.1) is 0 Å². The molecule has 45 heavy (non-hydrogen) atoms. The van der Waals surface area contributed by atoms with Gasteiger partial charge in [0.15, 0.2) is 34.5 Å². The summed E-state index contributed by atoms with van der Waals surface area (Å²) in [7, 11) is 6.32. The van der Waals surface area contributed by atoms with Crippen molar-refractivity contribution < 1.29 is 29.1 Å². The highest BCUT2D eigenvalue weighted by atomic mass is 16.3. The second kappa shape index (κ2) is 10.2. The van der Waals surface area contributed by atoms with Gasteiger partial charge in [-0.25, -0.2) is 0 Å². The molecule has 0 aliphatic heterocycles. The van der Waals surface area contributed by atoms with E-state index in [0.29, 0.717) is 22.5 Å². The number of aromatic hydroxyl groups is 1. The largest absolute Gasteiger partial charge is 0.506 e. The molecule has 0 radical (unpaired) electrons. The molecule has 3 aliphatic rings. The minimum absolute atomic E-state index is 0.0828. The molecule has 0 bridgehead atoms. The lowest BCUT2D eigenvalue weighted by molar-refractivity contribution is -0.166. The van der Waals surface area contributed by atoms with Crippen molar-refractivity contribution in [1.82, 2.24) is 4.90 Å². The van der Waals surface area contributed by atoms with E-state index >= 15 is 0 Å². The summed E-state index contributed by atoms with van der Waals surface area (Å²) >= 11 is 0. The average Bonchev–Trinajstić information content (AvgIpc) is 2.92. The van der Waals surface area contributed by atoms with Gasteiger partial charge in [-0.05, 0) is 62.8 Å². The lowest BCUT2D eigenvalue weighted by atomic mass is 9.42. The summed E-state index contributed by atoms with van der Waals surface area (Å²) in [5.41, 5.74) is 19.9. The number of hydrogen-bond donors (Lipinski definition) is 5. The normalized spacial score (nSPS) is 30.4. The first-order chi connectivity index (χ1) is 21.0. The number of phenols is 1. The van der Waals surface area contributed by atoms with Gasteiger partial charge < -0.3 is 32.9 Å². The van der Waals surface area contributed by atoms with Crippen LogP contribution in [0.2, 0.25) is 0 Å². The quantitative estimate of drug-likeness (QED) is 0.157. The number of nitrogen functional groups attached to an aromatic ring is 1. The van der Waals surface area contributed by atoms with Crippen molar-refractivity contribution in [1.29, 1.82) is 5.26 Å². The van der Waals surface area contributed by atoms with Gasteiger partial charge in [-0.1, -0.05) is 11.8 Å². The fraction of sp³-hybridized carbons (Fsp3) is 0.375. The van der Waals surface area contributed by atoms with E-state index in [-0.39, 0.29) is 17.5 Å². The van der Waals surface area contributed by atoms with E-state index in [2.05, 4.69) is 11.8 Å². The third-order valence-electron chi connectivity index (χ3n) is 9.30. The molecular weight excluding hydrogens is 578 g/mol. The van der Waals surface area contributed by atoms with Crippen LogP contribution in [0.25, 0.3) is 0 Å². The Morgan fingerprint density at radius 2 is 1.64 bits per heavy atom. The fourth-order valence-corrected chi connectivity index (χ4v) is 7.46. The summed E-state index contributed by atoms with van der Waals surface area (Å²) in [6.07, 6.45) is -0.674. The van der Waals surface area contributed by atoms with Gasteiger partial charge in [0.1, 0.15) is 11.7 Å². The summed E-state index contributed by atoms with van der Waals surface area (Å²) in [6.45, 7) is 0. The van der Waals surface area contributed by atoms with Crippen LogP contribution in [0.1, 0.15) is 33.5 Å². The lowest BCUT2D eigenvalue weighted by Gasteiger charge is -2.60. The van der Waals surface area contributed by atoms with Gasteiger partial charge in [0.2, 0.25) is 5.91 Å². The predicted octanol–water partition coefficient (Wildman–Crippen LogP) is -1.14. The molecule has 13 heteroatoms. The van der Waals surface area contributed by atoms with Crippen molar-refractivity contribution in [2.45, 2.75) is 30.0 Å². The second-order valence-corrected chi connectivity index (χ2v) is 12.5. The van der Waals surface area contributed by atoms with Crippen molar-refractivity contribution in [3.05, 3.63) is 52.6 Å². The van der Waals surface area contributed by atoms with Crippen molar-refractivity contribution in [3.63, 3.8) is 0 Å². The number of phenolic OH excluding ortho intramolecular Hbond substituents is 1. The molecule has 0 heterocycles. The van der Waals surface area contributed by atoms with Crippen LogP contribution in [0.4, 0.5) is 11.4 Å². The summed E-state index contributed by atoms with van der Waals surface area (Å²) in [5.74, 6) is -4.53. The molecule has 1 amide bonds. The SMILES string of the molecule is CN(C)c1cc(C#Cc2ccc(N)cc2)c(O)c2c1C[C@@]1(N)C[C@@]3(N)[C@H](N(C)C)C(=O)C(C(N)=O)C(=O)[C@@]3(C#N)C(=O)C1C2=O. The van der Waals surface area contributed by atoms with Gasteiger partial charge in [-0.3, -0.25) is 28.9 Å².